The first kappa shape index (κ1) is 10.3. The van der Waals surface area contributed by atoms with Crippen LogP contribution in [-0.4, -0.2) is 4.98 Å². The number of hydrogen-bond acceptors (Lipinski definition) is 1. The minimum Gasteiger partial charge on any atom is -0.264 e. The summed E-state index contributed by atoms with van der Waals surface area (Å²) in [6.45, 7) is 0. The first-order chi connectivity index (χ1) is 8.33. The molecule has 0 saturated carbocycles. The molecular formula is C15H10ClN. The van der Waals surface area contributed by atoms with Crippen molar-refractivity contribution in [2.45, 2.75) is 0 Å². The summed E-state index contributed by atoms with van der Waals surface area (Å²) < 4.78 is 0. The molecule has 82 valence electrons. The Hall–Kier alpha value is -1.86. The summed E-state index contributed by atoms with van der Waals surface area (Å²) in [6, 6.07) is 16.3. The molecule has 0 bridgehead atoms. The lowest BCUT2D eigenvalue weighted by Crippen LogP contribution is -1.79. The molecule has 0 spiro atoms. The van der Waals surface area contributed by atoms with E-state index in [-0.39, 0.29) is 0 Å². The van der Waals surface area contributed by atoms with Gasteiger partial charge in [-0.2, -0.15) is 0 Å². The van der Waals surface area contributed by atoms with Gasteiger partial charge in [-0.15, -0.1) is 0 Å². The molecule has 0 amide bonds. The Morgan fingerprint density at radius 3 is 2.35 bits per heavy atom. The fourth-order valence-corrected chi connectivity index (χ4v) is 2.03. The summed E-state index contributed by atoms with van der Waals surface area (Å²) in [5.41, 5.74) is 2.35. The van der Waals surface area contributed by atoms with Crippen molar-refractivity contribution in [1.29, 1.82) is 0 Å². The molecule has 2 aromatic carbocycles. The van der Waals surface area contributed by atoms with Gasteiger partial charge in [0.25, 0.3) is 0 Å². The average molecular weight is 240 g/mol. The zero-order valence-electron chi connectivity index (χ0n) is 9.10. The van der Waals surface area contributed by atoms with Crippen molar-refractivity contribution in [2.75, 3.05) is 0 Å². The maximum absolute atomic E-state index is 5.88. The van der Waals surface area contributed by atoms with E-state index in [1.807, 2.05) is 42.7 Å². The summed E-state index contributed by atoms with van der Waals surface area (Å²) in [4.78, 5) is 4.14. The number of aromatic nitrogens is 1. The summed E-state index contributed by atoms with van der Waals surface area (Å²) in [7, 11) is 0. The molecule has 3 aromatic rings. The SMILES string of the molecule is Clc1ccc(-c2ccc3ccncc3c2)cc1. The second-order valence-corrected chi connectivity index (χ2v) is 4.38. The molecule has 1 aromatic heterocycles. The molecule has 0 aliphatic rings. The van der Waals surface area contributed by atoms with Crippen LogP contribution >= 0.6 is 11.6 Å². The van der Waals surface area contributed by atoms with Crippen LogP contribution in [0.1, 0.15) is 0 Å². The Labute approximate surface area is 105 Å². The van der Waals surface area contributed by atoms with Gasteiger partial charge in [0, 0.05) is 22.8 Å². The lowest BCUT2D eigenvalue weighted by atomic mass is 10.0. The van der Waals surface area contributed by atoms with Crippen molar-refractivity contribution in [1.82, 2.24) is 4.98 Å². The van der Waals surface area contributed by atoms with Gasteiger partial charge in [0.05, 0.1) is 0 Å². The van der Waals surface area contributed by atoms with Gasteiger partial charge in [-0.3, -0.25) is 4.98 Å². The van der Waals surface area contributed by atoms with Crippen LogP contribution in [0.4, 0.5) is 0 Å². The van der Waals surface area contributed by atoms with Crippen LogP contribution in [0.5, 0.6) is 0 Å². The van der Waals surface area contributed by atoms with E-state index in [1.165, 1.54) is 16.5 Å². The first-order valence-electron chi connectivity index (χ1n) is 5.43. The van der Waals surface area contributed by atoms with Gasteiger partial charge < -0.3 is 0 Å². The minimum atomic E-state index is 0.760. The third-order valence-corrected chi connectivity index (χ3v) is 3.07. The molecule has 0 N–H and O–H groups in total. The van der Waals surface area contributed by atoms with Crippen molar-refractivity contribution in [3.63, 3.8) is 0 Å². The van der Waals surface area contributed by atoms with Crippen molar-refractivity contribution < 1.29 is 0 Å². The normalized spacial score (nSPS) is 10.6. The van der Waals surface area contributed by atoms with E-state index in [2.05, 4.69) is 23.2 Å². The molecule has 0 unspecified atom stereocenters. The zero-order valence-corrected chi connectivity index (χ0v) is 9.85. The first-order valence-corrected chi connectivity index (χ1v) is 5.80. The number of rotatable bonds is 1. The molecule has 1 heterocycles. The van der Waals surface area contributed by atoms with E-state index in [0.29, 0.717) is 0 Å². The highest BCUT2D eigenvalue weighted by atomic mass is 35.5. The summed E-state index contributed by atoms with van der Waals surface area (Å²) in [6.07, 6.45) is 3.69. The summed E-state index contributed by atoms with van der Waals surface area (Å²) in [5.74, 6) is 0. The quantitative estimate of drug-likeness (QED) is 0.607. The van der Waals surface area contributed by atoms with Gasteiger partial charge >= 0.3 is 0 Å². The van der Waals surface area contributed by atoms with Gasteiger partial charge in [-0.25, -0.2) is 0 Å². The smallest absolute Gasteiger partial charge is 0.0406 e. The van der Waals surface area contributed by atoms with E-state index in [0.717, 1.165) is 10.4 Å². The van der Waals surface area contributed by atoms with Crippen molar-refractivity contribution >= 4 is 22.4 Å². The lowest BCUT2D eigenvalue weighted by Gasteiger charge is -2.03. The third-order valence-electron chi connectivity index (χ3n) is 2.82. The minimum absolute atomic E-state index is 0.760. The zero-order chi connectivity index (χ0) is 11.7. The molecule has 0 atom stereocenters. The molecule has 0 aliphatic carbocycles. The van der Waals surface area contributed by atoms with E-state index >= 15 is 0 Å². The molecule has 0 aliphatic heterocycles. The predicted octanol–water partition coefficient (Wildman–Crippen LogP) is 4.56. The molecular weight excluding hydrogens is 230 g/mol. The molecule has 17 heavy (non-hydrogen) atoms. The second kappa shape index (κ2) is 4.19. The third kappa shape index (κ3) is 2.02. The number of halogens is 1. The van der Waals surface area contributed by atoms with Crippen molar-refractivity contribution in [3.8, 4) is 11.1 Å². The van der Waals surface area contributed by atoms with Crippen LogP contribution in [0.15, 0.2) is 60.9 Å². The molecule has 1 nitrogen and oxygen atoms in total. The standard InChI is InChI=1S/C15H10ClN/c16-15-5-3-11(4-6-15)13-2-1-12-7-8-17-10-14(12)9-13/h1-10H. The molecule has 0 radical (unpaired) electrons. The molecule has 2 heteroatoms. The number of pyridine rings is 1. The van der Waals surface area contributed by atoms with Crippen LogP contribution in [0.25, 0.3) is 21.9 Å². The van der Waals surface area contributed by atoms with Crippen LogP contribution in [0.3, 0.4) is 0 Å². The number of hydrogen-bond donors (Lipinski definition) is 0. The highest BCUT2D eigenvalue weighted by Gasteiger charge is 1.99. The Morgan fingerprint density at radius 1 is 0.765 bits per heavy atom. The van der Waals surface area contributed by atoms with Gasteiger partial charge in [0.15, 0.2) is 0 Å². The number of nitrogens with zero attached hydrogens (tertiary/aromatic N) is 1. The van der Waals surface area contributed by atoms with E-state index in [9.17, 15) is 0 Å². The molecule has 0 fully saturated rings. The predicted molar refractivity (Wildman–Crippen MR) is 72.2 cm³/mol. The topological polar surface area (TPSA) is 12.9 Å². The van der Waals surface area contributed by atoms with Gasteiger partial charge in [-0.05, 0) is 40.8 Å². The van der Waals surface area contributed by atoms with Crippen molar-refractivity contribution in [3.05, 3.63) is 65.9 Å². The van der Waals surface area contributed by atoms with Crippen LogP contribution < -0.4 is 0 Å². The van der Waals surface area contributed by atoms with E-state index in [4.69, 9.17) is 11.6 Å². The Bertz CT molecular complexity index is 659. The fourth-order valence-electron chi connectivity index (χ4n) is 1.91. The second-order valence-electron chi connectivity index (χ2n) is 3.94. The molecule has 0 saturated heterocycles. The Morgan fingerprint density at radius 2 is 1.53 bits per heavy atom. The van der Waals surface area contributed by atoms with Crippen LogP contribution in [-0.2, 0) is 0 Å². The Kier molecular flexibility index (Phi) is 2.54. The number of benzene rings is 2. The van der Waals surface area contributed by atoms with Crippen LogP contribution in [0.2, 0.25) is 5.02 Å². The number of fused-ring (bicyclic) bond motifs is 1. The lowest BCUT2D eigenvalue weighted by molar-refractivity contribution is 1.36. The largest absolute Gasteiger partial charge is 0.264 e. The van der Waals surface area contributed by atoms with E-state index < -0.39 is 0 Å². The summed E-state index contributed by atoms with van der Waals surface area (Å²) >= 11 is 5.88. The Balaban J connectivity index is 2.14. The monoisotopic (exact) mass is 239 g/mol. The maximum Gasteiger partial charge on any atom is 0.0406 e. The average Bonchev–Trinajstić information content (AvgIpc) is 2.39. The maximum atomic E-state index is 5.88. The van der Waals surface area contributed by atoms with Gasteiger partial charge in [-0.1, -0.05) is 35.9 Å². The highest BCUT2D eigenvalue weighted by molar-refractivity contribution is 6.30. The van der Waals surface area contributed by atoms with Gasteiger partial charge in [0.2, 0.25) is 0 Å². The summed E-state index contributed by atoms with van der Waals surface area (Å²) in [5, 5.41) is 3.12. The van der Waals surface area contributed by atoms with Gasteiger partial charge in [0.1, 0.15) is 0 Å². The van der Waals surface area contributed by atoms with Crippen LogP contribution in [0, 0.1) is 0 Å². The molecule has 3 rings (SSSR count). The van der Waals surface area contributed by atoms with Crippen molar-refractivity contribution in [2.24, 2.45) is 0 Å². The fraction of sp³-hybridized carbons (Fsp3) is 0. The van der Waals surface area contributed by atoms with E-state index in [1.54, 1.807) is 0 Å². The highest BCUT2D eigenvalue weighted by Crippen LogP contribution is 2.25.